The van der Waals surface area contributed by atoms with Crippen molar-refractivity contribution in [3.8, 4) is 0 Å². The lowest BCUT2D eigenvalue weighted by molar-refractivity contribution is -0.384. The lowest BCUT2D eigenvalue weighted by Crippen LogP contribution is -2.28. The van der Waals surface area contributed by atoms with Crippen molar-refractivity contribution in [2.75, 3.05) is 0 Å². The van der Waals surface area contributed by atoms with Gasteiger partial charge in [-0.15, -0.1) is 0 Å². The Balaban J connectivity index is 1.89. The number of hydrogen-bond acceptors (Lipinski definition) is 3. The highest BCUT2D eigenvalue weighted by Gasteiger charge is 2.18. The van der Waals surface area contributed by atoms with Gasteiger partial charge in [0.1, 0.15) is 0 Å². The van der Waals surface area contributed by atoms with Gasteiger partial charge in [0, 0.05) is 29.2 Å². The van der Waals surface area contributed by atoms with Crippen molar-refractivity contribution >= 4 is 22.5 Å². The van der Waals surface area contributed by atoms with Gasteiger partial charge in [0.2, 0.25) is 0 Å². The maximum absolute atomic E-state index is 12.7. The third-order valence-electron chi connectivity index (χ3n) is 4.31. The van der Waals surface area contributed by atoms with E-state index < -0.39 is 4.92 Å². The molecule has 2 aromatic carbocycles. The molecular weight excluding hydrogens is 318 g/mol. The molecule has 1 atom stereocenters. The molecule has 3 rings (SSSR count). The molecule has 0 spiro atoms. The highest BCUT2D eigenvalue weighted by molar-refractivity contribution is 6.07. The molecule has 0 fully saturated rings. The van der Waals surface area contributed by atoms with Gasteiger partial charge in [-0.1, -0.05) is 36.8 Å². The van der Waals surface area contributed by atoms with E-state index in [1.165, 1.54) is 12.1 Å². The second-order valence-electron chi connectivity index (χ2n) is 6.03. The smallest absolute Gasteiger partial charge is 0.270 e. The number of aromatic nitrogens is 1. The molecule has 6 nitrogen and oxygen atoms in total. The highest BCUT2D eigenvalue weighted by atomic mass is 16.6. The average Bonchev–Trinajstić information content (AvgIpc) is 3.03. The molecule has 0 aliphatic heterocycles. The lowest BCUT2D eigenvalue weighted by atomic mass is 10.0. The van der Waals surface area contributed by atoms with Crippen molar-refractivity contribution in [2.45, 2.75) is 26.3 Å². The number of nitrogens with zero attached hydrogens (tertiary/aromatic N) is 1. The predicted molar refractivity (Wildman–Crippen MR) is 96.6 cm³/mol. The number of aromatic amines is 1. The predicted octanol–water partition coefficient (Wildman–Crippen LogP) is 4.27. The number of carbonyl (C=O) groups is 1. The number of rotatable bonds is 5. The molecule has 0 aliphatic rings. The van der Waals surface area contributed by atoms with Crippen molar-refractivity contribution in [1.29, 1.82) is 0 Å². The standard InChI is InChI=1S/C19H19N3O3/c1-3-17(13-6-4-12(2)5-7-13)21-19(23)16-11-20-18-9-8-14(22(24)25)10-15(16)18/h4-11,17,20H,3H2,1-2H3,(H,21,23). The summed E-state index contributed by atoms with van der Waals surface area (Å²) >= 11 is 0. The van der Waals surface area contributed by atoms with Crippen molar-refractivity contribution < 1.29 is 9.72 Å². The van der Waals surface area contributed by atoms with Gasteiger partial charge >= 0.3 is 0 Å². The summed E-state index contributed by atoms with van der Waals surface area (Å²) in [4.78, 5) is 26.2. The van der Waals surface area contributed by atoms with E-state index in [9.17, 15) is 14.9 Å². The molecule has 0 aliphatic carbocycles. The van der Waals surface area contributed by atoms with Crippen LogP contribution in [0.2, 0.25) is 0 Å². The van der Waals surface area contributed by atoms with Crippen LogP contribution in [0.15, 0.2) is 48.7 Å². The van der Waals surface area contributed by atoms with E-state index in [0.717, 1.165) is 17.5 Å². The maximum Gasteiger partial charge on any atom is 0.270 e. The van der Waals surface area contributed by atoms with Gasteiger partial charge in [-0.3, -0.25) is 14.9 Å². The summed E-state index contributed by atoms with van der Waals surface area (Å²) in [5.74, 6) is -0.251. The minimum absolute atomic E-state index is 0.0354. The quantitative estimate of drug-likeness (QED) is 0.538. The minimum atomic E-state index is -0.463. The van der Waals surface area contributed by atoms with Crippen LogP contribution in [0.5, 0.6) is 0 Å². The fourth-order valence-corrected chi connectivity index (χ4v) is 2.87. The number of nitro groups is 1. The Morgan fingerprint density at radius 2 is 1.96 bits per heavy atom. The zero-order chi connectivity index (χ0) is 18.0. The van der Waals surface area contributed by atoms with E-state index in [2.05, 4.69) is 10.3 Å². The van der Waals surface area contributed by atoms with Crippen molar-refractivity contribution in [2.24, 2.45) is 0 Å². The van der Waals surface area contributed by atoms with Crippen LogP contribution in [0.1, 0.15) is 40.9 Å². The van der Waals surface area contributed by atoms with E-state index in [1.807, 2.05) is 38.1 Å². The summed E-state index contributed by atoms with van der Waals surface area (Å²) in [6, 6.07) is 12.4. The minimum Gasteiger partial charge on any atom is -0.360 e. The third-order valence-corrected chi connectivity index (χ3v) is 4.31. The number of benzene rings is 2. The van der Waals surface area contributed by atoms with Crippen molar-refractivity contribution in [1.82, 2.24) is 10.3 Å². The zero-order valence-electron chi connectivity index (χ0n) is 14.1. The number of nitro benzene ring substituents is 1. The van der Waals surface area contributed by atoms with Crippen LogP contribution in [-0.4, -0.2) is 15.8 Å². The first-order valence-corrected chi connectivity index (χ1v) is 8.12. The fraction of sp³-hybridized carbons (Fsp3) is 0.211. The molecule has 0 radical (unpaired) electrons. The number of nitrogens with one attached hydrogen (secondary N) is 2. The molecule has 6 heteroatoms. The number of amides is 1. The summed E-state index contributed by atoms with van der Waals surface area (Å²) in [5.41, 5.74) is 3.26. The maximum atomic E-state index is 12.7. The second-order valence-corrected chi connectivity index (χ2v) is 6.03. The van der Waals surface area contributed by atoms with Crippen LogP contribution < -0.4 is 5.32 Å². The molecule has 1 aromatic heterocycles. The summed E-state index contributed by atoms with van der Waals surface area (Å²) in [6.45, 7) is 4.02. The van der Waals surface area contributed by atoms with Gasteiger partial charge in [0.15, 0.2) is 0 Å². The Bertz CT molecular complexity index is 929. The van der Waals surface area contributed by atoms with Crippen LogP contribution in [-0.2, 0) is 0 Å². The normalized spacial score (nSPS) is 12.1. The summed E-state index contributed by atoms with van der Waals surface area (Å²) in [5, 5.41) is 14.5. The molecule has 25 heavy (non-hydrogen) atoms. The first-order chi connectivity index (χ1) is 12.0. The molecule has 0 saturated heterocycles. The van der Waals surface area contributed by atoms with Gasteiger partial charge in [-0.2, -0.15) is 0 Å². The monoisotopic (exact) mass is 337 g/mol. The van der Waals surface area contributed by atoms with E-state index in [1.54, 1.807) is 12.3 Å². The van der Waals surface area contributed by atoms with Crippen molar-refractivity contribution in [3.63, 3.8) is 0 Å². The Morgan fingerprint density at radius 3 is 2.60 bits per heavy atom. The Morgan fingerprint density at radius 1 is 1.24 bits per heavy atom. The molecule has 3 aromatic rings. The van der Waals surface area contributed by atoms with Gasteiger partial charge in [0.25, 0.3) is 11.6 Å². The Labute approximate surface area is 145 Å². The summed E-state index contributed by atoms with van der Waals surface area (Å²) in [6.07, 6.45) is 2.34. The lowest BCUT2D eigenvalue weighted by Gasteiger charge is -2.17. The number of aryl methyl sites for hydroxylation is 1. The van der Waals surface area contributed by atoms with Gasteiger partial charge < -0.3 is 10.3 Å². The Kier molecular flexibility index (Phi) is 4.52. The molecule has 1 heterocycles. The van der Waals surface area contributed by atoms with E-state index in [4.69, 9.17) is 0 Å². The zero-order valence-corrected chi connectivity index (χ0v) is 14.1. The SMILES string of the molecule is CCC(NC(=O)c1c[nH]c2ccc([N+](=O)[O-])cc12)c1ccc(C)cc1. The third kappa shape index (κ3) is 3.38. The van der Waals surface area contributed by atoms with E-state index in [0.29, 0.717) is 16.5 Å². The number of fused-ring (bicyclic) bond motifs is 1. The molecular formula is C19H19N3O3. The van der Waals surface area contributed by atoms with E-state index >= 15 is 0 Å². The molecule has 0 saturated carbocycles. The van der Waals surface area contributed by atoms with Crippen LogP contribution in [0.4, 0.5) is 5.69 Å². The number of non-ortho nitro benzene ring substituents is 1. The topological polar surface area (TPSA) is 88.0 Å². The van der Waals surface area contributed by atoms with Crippen LogP contribution >= 0.6 is 0 Å². The first kappa shape index (κ1) is 16.7. The fourth-order valence-electron chi connectivity index (χ4n) is 2.87. The van der Waals surface area contributed by atoms with Gasteiger partial charge in [-0.05, 0) is 25.0 Å². The van der Waals surface area contributed by atoms with Gasteiger partial charge in [-0.25, -0.2) is 0 Å². The molecule has 2 N–H and O–H groups in total. The van der Waals surface area contributed by atoms with E-state index in [-0.39, 0.29) is 17.6 Å². The summed E-state index contributed by atoms with van der Waals surface area (Å²) < 4.78 is 0. The number of carbonyl (C=O) groups excluding carboxylic acids is 1. The largest absolute Gasteiger partial charge is 0.360 e. The highest BCUT2D eigenvalue weighted by Crippen LogP contribution is 2.25. The Hall–Kier alpha value is -3.15. The molecule has 1 unspecified atom stereocenters. The average molecular weight is 337 g/mol. The first-order valence-electron chi connectivity index (χ1n) is 8.12. The van der Waals surface area contributed by atoms with Crippen LogP contribution in [0, 0.1) is 17.0 Å². The number of hydrogen-bond donors (Lipinski definition) is 2. The molecule has 1 amide bonds. The van der Waals surface area contributed by atoms with Crippen LogP contribution in [0.3, 0.4) is 0 Å². The molecule has 128 valence electrons. The second kappa shape index (κ2) is 6.76. The molecule has 0 bridgehead atoms. The van der Waals surface area contributed by atoms with Crippen LogP contribution in [0.25, 0.3) is 10.9 Å². The van der Waals surface area contributed by atoms with Gasteiger partial charge in [0.05, 0.1) is 16.5 Å². The van der Waals surface area contributed by atoms with Crippen molar-refractivity contribution in [3.05, 3.63) is 75.5 Å². The number of H-pyrrole nitrogens is 1. The summed E-state index contributed by atoms with van der Waals surface area (Å²) in [7, 11) is 0.